The molecule has 0 aliphatic carbocycles. The van der Waals surface area contributed by atoms with Crippen LogP contribution in [-0.2, 0) is 6.54 Å². The van der Waals surface area contributed by atoms with Gasteiger partial charge in [0.2, 0.25) is 5.28 Å². The van der Waals surface area contributed by atoms with E-state index in [1.54, 1.807) is 6.20 Å². The Labute approximate surface area is 118 Å². The molecule has 2 rings (SSSR count). The SMILES string of the molecule is CN(Cc1cnc(Cl)nc1Cl)C[C@H]1CCCCN1. The summed E-state index contributed by atoms with van der Waals surface area (Å²) in [4.78, 5) is 10.2. The highest BCUT2D eigenvalue weighted by molar-refractivity contribution is 6.32. The topological polar surface area (TPSA) is 41.1 Å². The third-order valence-corrected chi connectivity index (χ3v) is 3.68. The van der Waals surface area contributed by atoms with Crippen LogP contribution in [0.1, 0.15) is 24.8 Å². The lowest BCUT2D eigenvalue weighted by Crippen LogP contribution is -2.42. The zero-order chi connectivity index (χ0) is 13.0. The van der Waals surface area contributed by atoms with Gasteiger partial charge < -0.3 is 10.2 Å². The Morgan fingerprint density at radius 1 is 1.44 bits per heavy atom. The number of hydrogen-bond donors (Lipinski definition) is 1. The van der Waals surface area contributed by atoms with Crippen LogP contribution in [0, 0.1) is 0 Å². The third-order valence-electron chi connectivity index (χ3n) is 3.17. The molecule has 4 nitrogen and oxygen atoms in total. The van der Waals surface area contributed by atoms with Gasteiger partial charge in [0.15, 0.2) is 0 Å². The van der Waals surface area contributed by atoms with E-state index in [1.165, 1.54) is 19.3 Å². The van der Waals surface area contributed by atoms with Crippen molar-refractivity contribution in [3.63, 3.8) is 0 Å². The first-order valence-electron chi connectivity index (χ1n) is 6.24. The van der Waals surface area contributed by atoms with E-state index in [9.17, 15) is 0 Å². The Kier molecular flexibility index (Phi) is 5.18. The number of aromatic nitrogens is 2. The summed E-state index contributed by atoms with van der Waals surface area (Å²) in [5, 5.41) is 4.17. The Morgan fingerprint density at radius 2 is 2.28 bits per heavy atom. The molecular weight excluding hydrogens is 271 g/mol. The zero-order valence-corrected chi connectivity index (χ0v) is 12.0. The number of hydrogen-bond acceptors (Lipinski definition) is 4. The van der Waals surface area contributed by atoms with Crippen molar-refractivity contribution in [2.45, 2.75) is 31.8 Å². The minimum atomic E-state index is 0.195. The lowest BCUT2D eigenvalue weighted by atomic mass is 10.0. The first-order valence-corrected chi connectivity index (χ1v) is 6.99. The molecule has 0 saturated carbocycles. The van der Waals surface area contributed by atoms with Crippen LogP contribution < -0.4 is 5.32 Å². The molecule has 0 spiro atoms. The van der Waals surface area contributed by atoms with Crippen LogP contribution in [0.2, 0.25) is 10.4 Å². The van der Waals surface area contributed by atoms with Gasteiger partial charge in [0.1, 0.15) is 5.15 Å². The van der Waals surface area contributed by atoms with Gasteiger partial charge in [-0.1, -0.05) is 18.0 Å². The first kappa shape index (κ1) is 14.0. The lowest BCUT2D eigenvalue weighted by Gasteiger charge is -2.28. The van der Waals surface area contributed by atoms with Crippen molar-refractivity contribution in [2.24, 2.45) is 0 Å². The van der Waals surface area contributed by atoms with Gasteiger partial charge in [-0.3, -0.25) is 0 Å². The maximum atomic E-state index is 6.04. The molecule has 1 N–H and O–H groups in total. The van der Waals surface area contributed by atoms with E-state index in [0.29, 0.717) is 11.2 Å². The monoisotopic (exact) mass is 288 g/mol. The molecule has 18 heavy (non-hydrogen) atoms. The molecule has 2 heterocycles. The van der Waals surface area contributed by atoms with Crippen molar-refractivity contribution in [2.75, 3.05) is 20.1 Å². The van der Waals surface area contributed by atoms with Crippen LogP contribution in [0.15, 0.2) is 6.20 Å². The maximum Gasteiger partial charge on any atom is 0.223 e. The summed E-state index contributed by atoms with van der Waals surface area (Å²) >= 11 is 11.7. The second-order valence-corrected chi connectivity index (χ2v) is 5.49. The molecule has 1 aromatic rings. The van der Waals surface area contributed by atoms with Gasteiger partial charge in [-0.2, -0.15) is 0 Å². The number of halogens is 2. The fraction of sp³-hybridized carbons (Fsp3) is 0.667. The van der Waals surface area contributed by atoms with E-state index in [1.807, 2.05) is 0 Å². The van der Waals surface area contributed by atoms with E-state index >= 15 is 0 Å². The summed E-state index contributed by atoms with van der Waals surface area (Å²) in [5.41, 5.74) is 0.916. The Hall–Kier alpha value is -0.420. The van der Waals surface area contributed by atoms with E-state index in [0.717, 1.165) is 25.2 Å². The van der Waals surface area contributed by atoms with Gasteiger partial charge in [-0.05, 0) is 38.0 Å². The molecule has 0 unspecified atom stereocenters. The molecule has 1 saturated heterocycles. The number of nitrogens with one attached hydrogen (secondary N) is 1. The molecule has 0 amide bonds. The second kappa shape index (κ2) is 6.66. The fourth-order valence-corrected chi connectivity index (χ4v) is 2.65. The van der Waals surface area contributed by atoms with Crippen molar-refractivity contribution in [3.8, 4) is 0 Å². The summed E-state index contributed by atoms with van der Waals surface area (Å²) in [5.74, 6) is 0. The minimum Gasteiger partial charge on any atom is -0.313 e. The van der Waals surface area contributed by atoms with Crippen molar-refractivity contribution < 1.29 is 0 Å². The lowest BCUT2D eigenvalue weighted by molar-refractivity contribution is 0.256. The quantitative estimate of drug-likeness (QED) is 0.682. The van der Waals surface area contributed by atoms with Gasteiger partial charge in [0.05, 0.1) is 0 Å². The largest absolute Gasteiger partial charge is 0.313 e. The summed E-state index contributed by atoms with van der Waals surface area (Å²) in [6.45, 7) is 2.89. The Morgan fingerprint density at radius 3 is 2.94 bits per heavy atom. The molecule has 1 aliphatic heterocycles. The molecule has 1 fully saturated rings. The molecule has 100 valence electrons. The van der Waals surface area contributed by atoms with E-state index < -0.39 is 0 Å². The average Bonchev–Trinajstić information content (AvgIpc) is 2.34. The second-order valence-electron chi connectivity index (χ2n) is 4.80. The average molecular weight is 289 g/mol. The van der Waals surface area contributed by atoms with Gasteiger partial charge in [0, 0.05) is 30.9 Å². The maximum absolute atomic E-state index is 6.04. The van der Waals surface area contributed by atoms with Crippen LogP contribution in [0.5, 0.6) is 0 Å². The summed E-state index contributed by atoms with van der Waals surface area (Å²) < 4.78 is 0. The molecule has 1 atom stereocenters. The molecule has 0 bridgehead atoms. The van der Waals surface area contributed by atoms with Crippen LogP contribution in [0.3, 0.4) is 0 Å². The van der Waals surface area contributed by atoms with Gasteiger partial charge in [-0.25, -0.2) is 9.97 Å². The zero-order valence-electron chi connectivity index (χ0n) is 10.5. The molecule has 6 heteroatoms. The van der Waals surface area contributed by atoms with Crippen molar-refractivity contribution in [1.29, 1.82) is 0 Å². The highest BCUT2D eigenvalue weighted by Crippen LogP contribution is 2.16. The molecular formula is C12H18Cl2N4. The number of piperidine rings is 1. The van der Waals surface area contributed by atoms with Gasteiger partial charge in [-0.15, -0.1) is 0 Å². The number of rotatable bonds is 4. The minimum absolute atomic E-state index is 0.195. The molecule has 1 aliphatic rings. The third kappa shape index (κ3) is 4.05. The van der Waals surface area contributed by atoms with Crippen LogP contribution >= 0.6 is 23.2 Å². The van der Waals surface area contributed by atoms with Crippen molar-refractivity contribution >= 4 is 23.2 Å². The normalized spacial score (nSPS) is 20.3. The first-order chi connectivity index (χ1) is 8.65. The summed E-state index contributed by atoms with van der Waals surface area (Å²) in [6.07, 6.45) is 5.55. The predicted octanol–water partition coefficient (Wildman–Crippen LogP) is 2.36. The van der Waals surface area contributed by atoms with Crippen molar-refractivity contribution in [3.05, 3.63) is 22.2 Å². The smallest absolute Gasteiger partial charge is 0.223 e. The highest BCUT2D eigenvalue weighted by Gasteiger charge is 2.15. The molecule has 1 aromatic heterocycles. The van der Waals surface area contributed by atoms with Crippen LogP contribution in [-0.4, -0.2) is 41.0 Å². The number of likely N-dealkylation sites (N-methyl/N-ethyl adjacent to an activating group) is 1. The van der Waals surface area contributed by atoms with Crippen LogP contribution in [0.4, 0.5) is 0 Å². The Bertz CT molecular complexity index is 394. The number of nitrogens with zero attached hydrogens (tertiary/aromatic N) is 3. The van der Waals surface area contributed by atoms with E-state index in [4.69, 9.17) is 23.2 Å². The van der Waals surface area contributed by atoms with Crippen LogP contribution in [0.25, 0.3) is 0 Å². The van der Waals surface area contributed by atoms with Gasteiger partial charge in [0.25, 0.3) is 0 Å². The van der Waals surface area contributed by atoms with Gasteiger partial charge >= 0.3 is 0 Å². The molecule has 0 aromatic carbocycles. The molecule has 0 radical (unpaired) electrons. The summed E-state index contributed by atoms with van der Waals surface area (Å²) in [7, 11) is 2.08. The van der Waals surface area contributed by atoms with E-state index in [-0.39, 0.29) is 5.28 Å². The predicted molar refractivity (Wildman–Crippen MR) is 74.0 cm³/mol. The summed E-state index contributed by atoms with van der Waals surface area (Å²) in [6, 6.07) is 0.579. The van der Waals surface area contributed by atoms with Crippen molar-refractivity contribution in [1.82, 2.24) is 20.2 Å². The standard InChI is InChI=1S/C12H18Cl2N4/c1-18(8-10-4-2-3-5-15-10)7-9-6-16-12(14)17-11(9)13/h6,10,15H,2-5,7-8H2,1H3/t10-/m1/s1. The fourth-order valence-electron chi connectivity index (χ4n) is 2.28. The Balaban J connectivity index is 1.87. The van der Waals surface area contributed by atoms with E-state index in [2.05, 4.69) is 27.2 Å². The highest BCUT2D eigenvalue weighted by atomic mass is 35.5.